The van der Waals surface area contributed by atoms with Crippen molar-refractivity contribution >= 4 is 5.91 Å². The second-order valence-electron chi connectivity index (χ2n) is 4.94. The standard InChI is InChI=1S/C12H26N2O/c1-10(2)8-14(9-11(3)4)12(15)6-7-13-5/h10-11,13H,6-9H2,1-5H3. The Morgan fingerprint density at radius 2 is 1.60 bits per heavy atom. The van der Waals surface area contributed by atoms with Crippen LogP contribution in [0.3, 0.4) is 0 Å². The first-order valence-corrected chi connectivity index (χ1v) is 5.89. The first-order chi connectivity index (χ1) is 6.97. The lowest BCUT2D eigenvalue weighted by atomic mass is 10.1. The monoisotopic (exact) mass is 214 g/mol. The molecule has 3 nitrogen and oxygen atoms in total. The van der Waals surface area contributed by atoms with E-state index in [2.05, 4.69) is 33.0 Å². The molecule has 0 aromatic rings. The van der Waals surface area contributed by atoms with E-state index in [1.54, 1.807) is 0 Å². The van der Waals surface area contributed by atoms with Gasteiger partial charge in [-0.3, -0.25) is 4.79 Å². The normalized spacial score (nSPS) is 11.1. The van der Waals surface area contributed by atoms with Crippen molar-refractivity contribution in [2.75, 3.05) is 26.7 Å². The largest absolute Gasteiger partial charge is 0.342 e. The van der Waals surface area contributed by atoms with Crippen molar-refractivity contribution in [3.63, 3.8) is 0 Å². The molecule has 0 aliphatic rings. The van der Waals surface area contributed by atoms with Crippen molar-refractivity contribution in [1.29, 1.82) is 0 Å². The van der Waals surface area contributed by atoms with E-state index in [1.165, 1.54) is 0 Å². The zero-order chi connectivity index (χ0) is 11.8. The van der Waals surface area contributed by atoms with Gasteiger partial charge in [0.25, 0.3) is 0 Å². The maximum Gasteiger partial charge on any atom is 0.223 e. The number of nitrogens with one attached hydrogen (secondary N) is 1. The second-order valence-corrected chi connectivity index (χ2v) is 4.94. The Labute approximate surface area is 94.2 Å². The molecule has 0 rings (SSSR count). The molecule has 0 saturated carbocycles. The smallest absolute Gasteiger partial charge is 0.223 e. The zero-order valence-electron chi connectivity index (χ0n) is 10.8. The summed E-state index contributed by atoms with van der Waals surface area (Å²) in [5.41, 5.74) is 0. The molecule has 0 heterocycles. The quantitative estimate of drug-likeness (QED) is 0.700. The van der Waals surface area contributed by atoms with Crippen LogP contribution in [0.1, 0.15) is 34.1 Å². The van der Waals surface area contributed by atoms with E-state index < -0.39 is 0 Å². The van der Waals surface area contributed by atoms with Gasteiger partial charge in [-0.25, -0.2) is 0 Å². The summed E-state index contributed by atoms with van der Waals surface area (Å²) in [4.78, 5) is 13.9. The fourth-order valence-electron chi connectivity index (χ4n) is 1.55. The van der Waals surface area contributed by atoms with Gasteiger partial charge in [0.1, 0.15) is 0 Å². The fraction of sp³-hybridized carbons (Fsp3) is 0.917. The van der Waals surface area contributed by atoms with Gasteiger partial charge in [-0.1, -0.05) is 27.7 Å². The predicted octanol–water partition coefficient (Wildman–Crippen LogP) is 1.74. The highest BCUT2D eigenvalue weighted by Gasteiger charge is 2.15. The molecule has 0 aliphatic carbocycles. The molecule has 0 bridgehead atoms. The van der Waals surface area contributed by atoms with Crippen molar-refractivity contribution in [1.82, 2.24) is 10.2 Å². The van der Waals surface area contributed by atoms with Gasteiger partial charge in [0.15, 0.2) is 0 Å². The predicted molar refractivity (Wildman–Crippen MR) is 64.8 cm³/mol. The maximum atomic E-state index is 11.9. The minimum Gasteiger partial charge on any atom is -0.342 e. The van der Waals surface area contributed by atoms with Crippen LogP contribution < -0.4 is 5.32 Å². The molecule has 1 N–H and O–H groups in total. The van der Waals surface area contributed by atoms with E-state index in [-0.39, 0.29) is 5.91 Å². The first kappa shape index (κ1) is 14.4. The Balaban J connectivity index is 4.14. The van der Waals surface area contributed by atoms with Crippen LogP contribution in [0.15, 0.2) is 0 Å². The summed E-state index contributed by atoms with van der Waals surface area (Å²) in [6.45, 7) is 11.1. The number of nitrogens with zero attached hydrogens (tertiary/aromatic N) is 1. The highest BCUT2D eigenvalue weighted by molar-refractivity contribution is 5.76. The average molecular weight is 214 g/mol. The summed E-state index contributed by atoms with van der Waals surface area (Å²) >= 11 is 0. The third-order valence-electron chi connectivity index (χ3n) is 2.11. The van der Waals surface area contributed by atoms with Crippen LogP contribution >= 0.6 is 0 Å². The molecular formula is C12H26N2O. The fourth-order valence-corrected chi connectivity index (χ4v) is 1.55. The molecule has 0 radical (unpaired) electrons. The van der Waals surface area contributed by atoms with Crippen molar-refractivity contribution in [3.05, 3.63) is 0 Å². The SMILES string of the molecule is CNCCC(=O)N(CC(C)C)CC(C)C. The molecule has 0 aliphatic heterocycles. The second kappa shape index (κ2) is 7.69. The third-order valence-corrected chi connectivity index (χ3v) is 2.11. The Morgan fingerprint density at radius 1 is 1.13 bits per heavy atom. The van der Waals surface area contributed by atoms with E-state index >= 15 is 0 Å². The van der Waals surface area contributed by atoms with Gasteiger partial charge < -0.3 is 10.2 Å². The maximum absolute atomic E-state index is 11.9. The van der Waals surface area contributed by atoms with Gasteiger partial charge in [0.05, 0.1) is 0 Å². The first-order valence-electron chi connectivity index (χ1n) is 5.89. The third kappa shape index (κ3) is 7.37. The topological polar surface area (TPSA) is 32.3 Å². The molecule has 3 heteroatoms. The number of hydrogen-bond donors (Lipinski definition) is 1. The van der Waals surface area contributed by atoms with Crippen molar-refractivity contribution in [2.45, 2.75) is 34.1 Å². The number of carbonyl (C=O) groups excluding carboxylic acids is 1. The van der Waals surface area contributed by atoms with Crippen LogP contribution in [0.2, 0.25) is 0 Å². The molecule has 0 aromatic carbocycles. The highest BCUT2D eigenvalue weighted by atomic mass is 16.2. The van der Waals surface area contributed by atoms with Crippen LogP contribution in [0.25, 0.3) is 0 Å². The molecule has 0 atom stereocenters. The van der Waals surface area contributed by atoms with Crippen LogP contribution in [0.4, 0.5) is 0 Å². The molecule has 1 amide bonds. The van der Waals surface area contributed by atoms with E-state index in [0.717, 1.165) is 19.6 Å². The number of carbonyl (C=O) groups is 1. The summed E-state index contributed by atoms with van der Waals surface area (Å²) in [6.07, 6.45) is 0.607. The minimum atomic E-state index is 0.270. The summed E-state index contributed by atoms with van der Waals surface area (Å²) in [7, 11) is 1.88. The van der Waals surface area contributed by atoms with Gasteiger partial charge in [-0.05, 0) is 18.9 Å². The lowest BCUT2D eigenvalue weighted by Gasteiger charge is -2.26. The van der Waals surface area contributed by atoms with E-state index in [1.807, 2.05) is 11.9 Å². The Bertz CT molecular complexity index is 168. The van der Waals surface area contributed by atoms with Crippen LogP contribution in [-0.4, -0.2) is 37.5 Å². The van der Waals surface area contributed by atoms with E-state index in [0.29, 0.717) is 18.3 Å². The van der Waals surface area contributed by atoms with E-state index in [4.69, 9.17) is 0 Å². The summed E-state index contributed by atoms with van der Waals surface area (Å²) in [5, 5.41) is 3.01. The molecule has 0 saturated heterocycles. The van der Waals surface area contributed by atoms with Gasteiger partial charge in [0, 0.05) is 26.1 Å². The summed E-state index contributed by atoms with van der Waals surface area (Å²) < 4.78 is 0. The average Bonchev–Trinajstić information content (AvgIpc) is 2.11. The minimum absolute atomic E-state index is 0.270. The molecule has 0 unspecified atom stereocenters. The van der Waals surface area contributed by atoms with Gasteiger partial charge in [0.2, 0.25) is 5.91 Å². The van der Waals surface area contributed by atoms with Crippen molar-refractivity contribution in [3.8, 4) is 0 Å². The lowest BCUT2D eigenvalue weighted by molar-refractivity contribution is -0.132. The molecule has 0 aromatic heterocycles. The molecule has 90 valence electrons. The van der Waals surface area contributed by atoms with Crippen LogP contribution in [0, 0.1) is 11.8 Å². The van der Waals surface area contributed by atoms with Crippen molar-refractivity contribution in [2.24, 2.45) is 11.8 Å². The highest BCUT2D eigenvalue weighted by Crippen LogP contribution is 2.05. The molecule has 0 fully saturated rings. The Hall–Kier alpha value is -0.570. The number of hydrogen-bond acceptors (Lipinski definition) is 2. The van der Waals surface area contributed by atoms with Gasteiger partial charge in [-0.15, -0.1) is 0 Å². The Kier molecular flexibility index (Phi) is 7.39. The number of rotatable bonds is 7. The lowest BCUT2D eigenvalue weighted by Crippen LogP contribution is -2.38. The molecule has 0 spiro atoms. The van der Waals surface area contributed by atoms with Crippen molar-refractivity contribution < 1.29 is 4.79 Å². The van der Waals surface area contributed by atoms with Crippen LogP contribution in [0.5, 0.6) is 0 Å². The van der Waals surface area contributed by atoms with Gasteiger partial charge >= 0.3 is 0 Å². The van der Waals surface area contributed by atoms with E-state index in [9.17, 15) is 4.79 Å². The summed E-state index contributed by atoms with van der Waals surface area (Å²) in [6, 6.07) is 0. The Morgan fingerprint density at radius 3 is 1.93 bits per heavy atom. The molecule has 15 heavy (non-hydrogen) atoms. The van der Waals surface area contributed by atoms with Gasteiger partial charge in [-0.2, -0.15) is 0 Å². The summed E-state index contributed by atoms with van der Waals surface area (Å²) in [5.74, 6) is 1.36. The molecular weight excluding hydrogens is 188 g/mol. The number of amides is 1. The zero-order valence-corrected chi connectivity index (χ0v) is 10.8. The van der Waals surface area contributed by atoms with Crippen LogP contribution in [-0.2, 0) is 4.79 Å².